The van der Waals surface area contributed by atoms with Crippen LogP contribution in [-0.2, 0) is 0 Å². The average Bonchev–Trinajstić information content (AvgIpc) is 3.26. The van der Waals surface area contributed by atoms with Gasteiger partial charge in [-0.2, -0.15) is 0 Å². The molecule has 6 atom stereocenters. The first-order chi connectivity index (χ1) is 9.38. The quantitative estimate of drug-likeness (QED) is 0.533. The Labute approximate surface area is 153 Å². The van der Waals surface area contributed by atoms with Gasteiger partial charge in [0.25, 0.3) is 0 Å². The van der Waals surface area contributed by atoms with Crippen LogP contribution in [0.2, 0.25) is 0 Å². The number of hydrogen-bond donors (Lipinski definition) is 0. The van der Waals surface area contributed by atoms with Gasteiger partial charge in [0.15, 0.2) is 0 Å². The molecule has 4 rings (SSSR count). The molecular weight excluding hydrogens is 409 g/mol. The second-order valence-corrected chi connectivity index (χ2v) is 17.8. The summed E-state index contributed by atoms with van der Waals surface area (Å²) >= 11 is 20.0. The van der Waals surface area contributed by atoms with Crippen molar-refractivity contribution in [2.24, 2.45) is 0 Å². The number of fused-ring (bicyclic) bond motifs is 1. The van der Waals surface area contributed by atoms with Crippen LogP contribution in [0.25, 0.3) is 0 Å². The zero-order chi connectivity index (χ0) is 12.7. The van der Waals surface area contributed by atoms with E-state index in [-0.39, 0.29) is 0 Å². The van der Waals surface area contributed by atoms with Crippen LogP contribution >= 0.6 is 106 Å². The highest BCUT2D eigenvalue weighted by Crippen LogP contribution is 2.62. The second-order valence-electron chi connectivity index (χ2n) is 4.32. The lowest BCUT2D eigenvalue weighted by Gasteiger charge is -2.38. The fourth-order valence-corrected chi connectivity index (χ4v) is 17.8. The van der Waals surface area contributed by atoms with Crippen molar-refractivity contribution >= 4 is 106 Å². The van der Waals surface area contributed by atoms with Gasteiger partial charge in [-0.25, -0.2) is 0 Å². The molecule has 19 heavy (non-hydrogen) atoms. The molecule has 0 nitrogen and oxygen atoms in total. The molecule has 4 heterocycles. The summed E-state index contributed by atoms with van der Waals surface area (Å²) in [5.41, 5.74) is 0. The Bertz CT molecular complexity index is 288. The van der Waals surface area contributed by atoms with E-state index in [0.717, 1.165) is 27.5 Å². The largest absolute Gasteiger partial charge is 0.145 e. The summed E-state index contributed by atoms with van der Waals surface area (Å²) in [6.07, 6.45) is 0. The highest BCUT2D eigenvalue weighted by molar-refractivity contribution is 8.39. The Kier molecular flexibility index (Phi) is 6.07. The number of rotatable bonds is 4. The highest BCUT2D eigenvalue weighted by Gasteiger charge is 2.44. The molecule has 4 saturated heterocycles. The molecule has 0 aromatic rings. The van der Waals surface area contributed by atoms with E-state index in [0.29, 0.717) is 0 Å². The van der Waals surface area contributed by atoms with Crippen LogP contribution in [0.4, 0.5) is 0 Å². The van der Waals surface area contributed by atoms with Crippen molar-refractivity contribution < 1.29 is 0 Å². The summed E-state index contributed by atoms with van der Waals surface area (Å²) in [6.45, 7) is 0. The van der Waals surface area contributed by atoms with Crippen molar-refractivity contribution in [2.45, 2.75) is 27.5 Å². The van der Waals surface area contributed by atoms with Gasteiger partial charge in [-0.05, 0) is 0 Å². The minimum Gasteiger partial charge on any atom is -0.145 e. The van der Waals surface area contributed by atoms with Crippen LogP contribution in [0.1, 0.15) is 0 Å². The van der Waals surface area contributed by atoms with E-state index >= 15 is 0 Å². The lowest BCUT2D eigenvalue weighted by atomic mass is 10.9. The van der Waals surface area contributed by atoms with E-state index in [1.54, 1.807) is 0 Å². The van der Waals surface area contributed by atoms with Crippen LogP contribution in [-0.4, -0.2) is 49.2 Å². The van der Waals surface area contributed by atoms with E-state index < -0.39 is 0 Å². The lowest BCUT2D eigenvalue weighted by molar-refractivity contribution is 1.23. The van der Waals surface area contributed by atoms with Gasteiger partial charge in [0, 0.05) is 21.7 Å². The third-order valence-corrected chi connectivity index (χ3v) is 18.0. The topological polar surface area (TPSA) is 0 Å². The minimum absolute atomic E-state index is 0.827. The van der Waals surface area contributed by atoms with Crippen LogP contribution in [0.3, 0.4) is 0 Å². The molecule has 0 bridgehead atoms. The van der Waals surface area contributed by atoms with E-state index in [1.165, 1.54) is 21.7 Å². The molecule has 0 radical (unpaired) electrons. The molecule has 0 aromatic carbocycles. The zero-order valence-corrected chi connectivity index (χ0v) is 17.3. The normalized spacial score (nSPS) is 49.3. The maximum atomic E-state index is 2.30. The van der Waals surface area contributed by atoms with Crippen LogP contribution < -0.4 is 0 Å². The second kappa shape index (κ2) is 7.36. The summed E-state index contributed by atoms with van der Waals surface area (Å²) in [7, 11) is 0. The van der Waals surface area contributed by atoms with Gasteiger partial charge in [0.2, 0.25) is 0 Å². The fraction of sp³-hybridized carbons (Fsp3) is 1.00. The monoisotopic (exact) mass is 422 g/mol. The van der Waals surface area contributed by atoms with Crippen molar-refractivity contribution in [3.63, 3.8) is 0 Å². The highest BCUT2D eigenvalue weighted by atomic mass is 32.3. The maximum absolute atomic E-state index is 2.30. The van der Waals surface area contributed by atoms with Crippen molar-refractivity contribution in [1.29, 1.82) is 0 Å². The summed E-state index contributed by atoms with van der Waals surface area (Å²) in [6, 6.07) is 0. The average molecular weight is 423 g/mol. The third kappa shape index (κ3) is 4.58. The first kappa shape index (κ1) is 15.7. The Morgan fingerprint density at radius 2 is 1.16 bits per heavy atom. The van der Waals surface area contributed by atoms with Crippen LogP contribution in [0, 0.1) is 0 Å². The van der Waals surface area contributed by atoms with Crippen molar-refractivity contribution in [1.82, 2.24) is 0 Å². The molecule has 0 aromatic heterocycles. The van der Waals surface area contributed by atoms with Crippen LogP contribution in [0.15, 0.2) is 0 Å². The van der Waals surface area contributed by atoms with Crippen molar-refractivity contribution in [3.8, 4) is 0 Å². The first-order valence-corrected chi connectivity index (χ1v) is 15.2. The van der Waals surface area contributed by atoms with E-state index in [1.807, 2.05) is 0 Å². The van der Waals surface area contributed by atoms with E-state index in [4.69, 9.17) is 0 Å². The predicted molar refractivity (Wildman–Crippen MR) is 111 cm³/mol. The van der Waals surface area contributed by atoms with Crippen molar-refractivity contribution in [2.75, 3.05) is 21.7 Å². The number of hydrogen-bond acceptors (Lipinski definition) is 9. The standard InChI is InChI=1S/C10H14S9/c1-5(12-1)16-9-10(17-6-2-13-6)19-8-7(18-9)14-3-11-4-15-8/h5-10H,1-4H2. The molecular formula is C10H14S9. The molecule has 9 heteroatoms. The molecule has 0 aliphatic carbocycles. The maximum Gasteiger partial charge on any atom is 0.0736 e. The Morgan fingerprint density at radius 3 is 1.58 bits per heavy atom. The van der Waals surface area contributed by atoms with Gasteiger partial charge < -0.3 is 0 Å². The molecule has 0 amide bonds. The number of thioether (sulfide) groups is 9. The Morgan fingerprint density at radius 1 is 0.684 bits per heavy atom. The minimum atomic E-state index is 0.827. The van der Waals surface area contributed by atoms with Crippen LogP contribution in [0.5, 0.6) is 0 Å². The smallest absolute Gasteiger partial charge is 0.0736 e. The molecule has 108 valence electrons. The SMILES string of the molecule is C1SCSC2SC(SC3CS3)C(SC3CS3)SC2S1. The molecule has 4 aliphatic heterocycles. The molecule has 6 unspecified atom stereocenters. The molecule has 4 aliphatic rings. The lowest BCUT2D eigenvalue weighted by Crippen LogP contribution is -2.30. The Balaban J connectivity index is 1.43. The van der Waals surface area contributed by atoms with Gasteiger partial charge in [0.05, 0.1) is 27.5 Å². The van der Waals surface area contributed by atoms with Gasteiger partial charge in [-0.15, -0.1) is 106 Å². The van der Waals surface area contributed by atoms with E-state index in [2.05, 4.69) is 106 Å². The fourth-order valence-electron chi connectivity index (χ4n) is 1.75. The first-order valence-electron chi connectivity index (χ1n) is 6.04. The molecule has 4 fully saturated rings. The Hall–Kier alpha value is 3.15. The molecule has 0 N–H and O–H groups in total. The van der Waals surface area contributed by atoms with Gasteiger partial charge >= 0.3 is 0 Å². The van der Waals surface area contributed by atoms with Gasteiger partial charge in [-0.1, -0.05) is 0 Å². The summed E-state index contributed by atoms with van der Waals surface area (Å²) in [5.74, 6) is 2.79. The van der Waals surface area contributed by atoms with Gasteiger partial charge in [0.1, 0.15) is 0 Å². The summed E-state index contributed by atoms with van der Waals surface area (Å²) in [5, 5.41) is 2.60. The van der Waals surface area contributed by atoms with Gasteiger partial charge in [-0.3, -0.25) is 0 Å². The van der Waals surface area contributed by atoms with Crippen molar-refractivity contribution in [3.05, 3.63) is 0 Å². The third-order valence-electron chi connectivity index (χ3n) is 2.79. The molecule has 0 saturated carbocycles. The molecule has 0 spiro atoms. The summed E-state index contributed by atoms with van der Waals surface area (Å²) < 4.78 is 5.15. The van der Waals surface area contributed by atoms with E-state index in [9.17, 15) is 0 Å². The zero-order valence-electron chi connectivity index (χ0n) is 9.97. The summed E-state index contributed by atoms with van der Waals surface area (Å²) in [4.78, 5) is 0. The predicted octanol–water partition coefficient (Wildman–Crippen LogP) is 5.51.